The lowest BCUT2D eigenvalue weighted by molar-refractivity contribution is -0.134. The summed E-state index contributed by atoms with van der Waals surface area (Å²) in [6.07, 6.45) is 7.45. The number of hydrogen-bond acceptors (Lipinski definition) is 5. The van der Waals surface area contributed by atoms with Gasteiger partial charge in [0, 0.05) is 19.6 Å². The van der Waals surface area contributed by atoms with E-state index in [1.165, 1.54) is 43.9 Å². The zero-order valence-corrected chi connectivity index (χ0v) is 17.5. The second kappa shape index (κ2) is 8.55. The molecule has 28 heavy (non-hydrogen) atoms. The van der Waals surface area contributed by atoms with Crippen LogP contribution in [0, 0.1) is 5.92 Å². The summed E-state index contributed by atoms with van der Waals surface area (Å²) in [4.78, 5) is 15.1. The summed E-state index contributed by atoms with van der Waals surface area (Å²) < 4.78 is 7.38. The summed E-state index contributed by atoms with van der Waals surface area (Å²) in [5.74, 6) is 2.88. The Kier molecular flexibility index (Phi) is 5.90. The van der Waals surface area contributed by atoms with Crippen molar-refractivity contribution in [3.05, 3.63) is 24.3 Å². The number of para-hydroxylation sites is 1. The van der Waals surface area contributed by atoms with Gasteiger partial charge in [-0.15, -0.1) is 10.2 Å². The van der Waals surface area contributed by atoms with Crippen LogP contribution in [-0.4, -0.2) is 51.0 Å². The van der Waals surface area contributed by atoms with Gasteiger partial charge in [-0.2, -0.15) is 0 Å². The van der Waals surface area contributed by atoms with Crippen LogP contribution in [-0.2, 0) is 11.8 Å². The van der Waals surface area contributed by atoms with Crippen LogP contribution >= 0.6 is 11.8 Å². The molecule has 150 valence electrons. The molecule has 6 nitrogen and oxygen atoms in total. The maximum Gasteiger partial charge on any atom is 0.233 e. The number of carbonyl (C=O) groups is 1. The smallest absolute Gasteiger partial charge is 0.233 e. The molecule has 0 bridgehead atoms. The van der Waals surface area contributed by atoms with Gasteiger partial charge in [0.2, 0.25) is 5.91 Å². The fraction of sp³-hybridized carbons (Fsp3) is 0.571. The third kappa shape index (κ3) is 3.77. The Labute approximate surface area is 170 Å². The predicted octanol–water partition coefficient (Wildman–Crippen LogP) is 3.76. The van der Waals surface area contributed by atoms with Crippen molar-refractivity contribution in [1.82, 2.24) is 19.7 Å². The average molecular weight is 401 g/mol. The Hall–Kier alpha value is -2.02. The lowest BCUT2D eigenvalue weighted by Crippen LogP contribution is -2.50. The maximum absolute atomic E-state index is 12.9. The summed E-state index contributed by atoms with van der Waals surface area (Å²) >= 11 is 1.47. The van der Waals surface area contributed by atoms with Crippen LogP contribution in [0.5, 0.6) is 5.75 Å². The minimum absolute atomic E-state index is 0.239. The fourth-order valence-electron chi connectivity index (χ4n) is 4.65. The molecule has 1 saturated carbocycles. The Balaban J connectivity index is 1.44. The van der Waals surface area contributed by atoms with Crippen molar-refractivity contribution in [2.24, 2.45) is 13.0 Å². The van der Waals surface area contributed by atoms with Crippen molar-refractivity contribution in [3.63, 3.8) is 0 Å². The van der Waals surface area contributed by atoms with E-state index in [9.17, 15) is 4.79 Å². The Bertz CT molecular complexity index is 836. The van der Waals surface area contributed by atoms with E-state index in [4.69, 9.17) is 4.74 Å². The quantitative estimate of drug-likeness (QED) is 0.715. The van der Waals surface area contributed by atoms with Gasteiger partial charge >= 0.3 is 0 Å². The van der Waals surface area contributed by atoms with Crippen molar-refractivity contribution in [1.29, 1.82) is 0 Å². The Morgan fingerprint density at radius 1 is 1.18 bits per heavy atom. The molecule has 2 fully saturated rings. The molecular formula is C21H28N4O2S. The van der Waals surface area contributed by atoms with Crippen LogP contribution < -0.4 is 4.74 Å². The van der Waals surface area contributed by atoms with Crippen LogP contribution in [0.2, 0.25) is 0 Å². The van der Waals surface area contributed by atoms with E-state index < -0.39 is 0 Å². The van der Waals surface area contributed by atoms with Gasteiger partial charge in [0.05, 0.1) is 18.4 Å². The highest BCUT2D eigenvalue weighted by molar-refractivity contribution is 7.99. The van der Waals surface area contributed by atoms with Crippen molar-refractivity contribution in [3.8, 4) is 17.1 Å². The molecule has 4 rings (SSSR count). The van der Waals surface area contributed by atoms with Gasteiger partial charge in [-0.05, 0) is 43.7 Å². The van der Waals surface area contributed by atoms with Gasteiger partial charge in [0.15, 0.2) is 11.0 Å². The molecule has 1 saturated heterocycles. The molecule has 0 spiro atoms. The van der Waals surface area contributed by atoms with Gasteiger partial charge in [-0.1, -0.05) is 36.7 Å². The van der Waals surface area contributed by atoms with Crippen molar-refractivity contribution in [2.45, 2.75) is 49.7 Å². The summed E-state index contributed by atoms with van der Waals surface area (Å²) in [6.45, 7) is 0.909. The van der Waals surface area contributed by atoms with E-state index in [2.05, 4.69) is 15.1 Å². The second-order valence-electron chi connectivity index (χ2n) is 7.70. The summed E-state index contributed by atoms with van der Waals surface area (Å²) in [6, 6.07) is 8.24. The SMILES string of the molecule is COc1ccccc1-c1nnc(SCC(=O)N2CCC[C@@H]3CCCC[C@@H]32)n1C. The summed E-state index contributed by atoms with van der Waals surface area (Å²) in [5.41, 5.74) is 0.902. The monoisotopic (exact) mass is 400 g/mol. The van der Waals surface area contributed by atoms with Crippen molar-refractivity contribution >= 4 is 17.7 Å². The molecule has 2 atom stereocenters. The lowest BCUT2D eigenvalue weighted by Gasteiger charge is -2.44. The molecule has 1 aromatic carbocycles. The predicted molar refractivity (Wildman–Crippen MR) is 110 cm³/mol. The third-order valence-electron chi connectivity index (χ3n) is 6.07. The summed E-state index contributed by atoms with van der Waals surface area (Å²) in [5, 5.41) is 9.41. The number of piperidine rings is 1. The molecule has 0 radical (unpaired) electrons. The third-order valence-corrected chi connectivity index (χ3v) is 7.08. The van der Waals surface area contributed by atoms with Crippen LogP contribution in [0.1, 0.15) is 38.5 Å². The first-order chi connectivity index (χ1) is 13.7. The number of methoxy groups -OCH3 is 1. The van der Waals surface area contributed by atoms with Crippen LogP contribution in [0.15, 0.2) is 29.4 Å². The van der Waals surface area contributed by atoms with Gasteiger partial charge in [-0.3, -0.25) is 4.79 Å². The first-order valence-corrected chi connectivity index (χ1v) is 11.1. The summed E-state index contributed by atoms with van der Waals surface area (Å²) in [7, 11) is 3.59. The minimum Gasteiger partial charge on any atom is -0.496 e. The fourth-order valence-corrected chi connectivity index (χ4v) is 5.45. The highest BCUT2D eigenvalue weighted by atomic mass is 32.2. The number of benzene rings is 1. The van der Waals surface area contributed by atoms with Gasteiger partial charge in [0.25, 0.3) is 0 Å². The number of likely N-dealkylation sites (tertiary alicyclic amines) is 1. The average Bonchev–Trinajstić information content (AvgIpc) is 3.11. The molecule has 1 aliphatic carbocycles. The van der Waals surface area contributed by atoms with Crippen molar-refractivity contribution < 1.29 is 9.53 Å². The molecular weight excluding hydrogens is 372 g/mol. The molecule has 1 aliphatic heterocycles. The Morgan fingerprint density at radius 3 is 2.82 bits per heavy atom. The van der Waals surface area contributed by atoms with E-state index in [0.717, 1.165) is 35.3 Å². The second-order valence-corrected chi connectivity index (χ2v) is 8.64. The van der Waals surface area contributed by atoms with E-state index >= 15 is 0 Å². The van der Waals surface area contributed by atoms with Crippen molar-refractivity contribution in [2.75, 3.05) is 19.4 Å². The molecule has 2 aliphatic rings. The number of ether oxygens (including phenoxy) is 1. The lowest BCUT2D eigenvalue weighted by atomic mass is 9.78. The first kappa shape index (κ1) is 19.3. The highest BCUT2D eigenvalue weighted by Crippen LogP contribution is 2.36. The van der Waals surface area contributed by atoms with Crippen LogP contribution in [0.4, 0.5) is 0 Å². The molecule has 2 aromatic rings. The zero-order chi connectivity index (χ0) is 19.5. The van der Waals surface area contributed by atoms with E-state index in [1.807, 2.05) is 35.9 Å². The number of rotatable bonds is 5. The maximum atomic E-state index is 12.9. The molecule has 1 amide bonds. The van der Waals surface area contributed by atoms with Crippen LogP contribution in [0.3, 0.4) is 0 Å². The number of amides is 1. The normalized spacial score (nSPS) is 22.0. The number of fused-ring (bicyclic) bond motifs is 1. The molecule has 0 N–H and O–H groups in total. The first-order valence-electron chi connectivity index (χ1n) is 10.1. The number of aromatic nitrogens is 3. The van der Waals surface area contributed by atoms with E-state index in [-0.39, 0.29) is 5.91 Å². The molecule has 7 heteroatoms. The largest absolute Gasteiger partial charge is 0.496 e. The van der Waals surface area contributed by atoms with Gasteiger partial charge < -0.3 is 14.2 Å². The number of thioether (sulfide) groups is 1. The van der Waals surface area contributed by atoms with E-state index in [0.29, 0.717) is 17.7 Å². The number of nitrogens with zero attached hydrogens (tertiary/aromatic N) is 4. The van der Waals surface area contributed by atoms with Gasteiger partial charge in [-0.25, -0.2) is 0 Å². The highest BCUT2D eigenvalue weighted by Gasteiger charge is 2.35. The number of carbonyl (C=O) groups excluding carboxylic acids is 1. The standard InChI is InChI=1S/C21H28N4O2S/c1-24-20(16-10-4-6-12-18(16)27-2)22-23-21(24)28-14-19(26)25-13-7-9-15-8-3-5-11-17(15)25/h4,6,10,12,15,17H,3,5,7-9,11,13-14H2,1-2H3/t15-,17-/m0/s1. The van der Waals surface area contributed by atoms with Crippen LogP contribution in [0.25, 0.3) is 11.4 Å². The van der Waals surface area contributed by atoms with E-state index in [1.54, 1.807) is 7.11 Å². The molecule has 1 aromatic heterocycles. The number of hydrogen-bond donors (Lipinski definition) is 0. The van der Waals surface area contributed by atoms with Gasteiger partial charge in [0.1, 0.15) is 5.75 Å². The minimum atomic E-state index is 0.239. The topological polar surface area (TPSA) is 60.3 Å². The zero-order valence-electron chi connectivity index (χ0n) is 16.6. The molecule has 2 heterocycles. The Morgan fingerprint density at radius 2 is 1.96 bits per heavy atom. The molecule has 0 unspecified atom stereocenters.